The van der Waals surface area contributed by atoms with Crippen LogP contribution < -0.4 is 4.74 Å². The van der Waals surface area contributed by atoms with Crippen molar-refractivity contribution in [2.45, 2.75) is 18.9 Å². The van der Waals surface area contributed by atoms with E-state index in [9.17, 15) is 4.79 Å². The molecule has 1 heterocycles. The molecule has 1 aliphatic heterocycles. The van der Waals surface area contributed by atoms with Crippen LogP contribution in [0.4, 0.5) is 0 Å². The Bertz CT molecular complexity index is 389. The Labute approximate surface area is 86.3 Å². The third-order valence-electron chi connectivity index (χ3n) is 2.36. The van der Waals surface area contributed by atoms with Crippen molar-refractivity contribution >= 4 is 17.6 Å². The molecule has 4 heteroatoms. The maximum Gasteiger partial charge on any atom is 0.314 e. The van der Waals surface area contributed by atoms with Gasteiger partial charge in [-0.05, 0) is 19.1 Å². The van der Waals surface area contributed by atoms with Crippen LogP contribution in [-0.4, -0.2) is 17.2 Å². The fourth-order valence-electron chi connectivity index (χ4n) is 1.72. The summed E-state index contributed by atoms with van der Waals surface area (Å²) in [5.41, 5.74) is 0.703. The normalized spacial score (nSPS) is 24.1. The van der Waals surface area contributed by atoms with Crippen molar-refractivity contribution in [2.24, 2.45) is 0 Å². The first kappa shape index (κ1) is 9.34. The van der Waals surface area contributed by atoms with Gasteiger partial charge in [-0.25, -0.2) is 0 Å². The van der Waals surface area contributed by atoms with Crippen molar-refractivity contribution < 1.29 is 14.6 Å². The van der Waals surface area contributed by atoms with E-state index >= 15 is 0 Å². The Morgan fingerprint density at radius 2 is 2.29 bits per heavy atom. The number of carbonyl (C=O) groups is 1. The highest BCUT2D eigenvalue weighted by Crippen LogP contribution is 2.39. The first-order valence-corrected chi connectivity index (χ1v) is 4.66. The minimum absolute atomic E-state index is 0.332. The monoisotopic (exact) mass is 212 g/mol. The van der Waals surface area contributed by atoms with E-state index < -0.39 is 11.9 Å². The van der Waals surface area contributed by atoms with Gasteiger partial charge in [-0.15, -0.1) is 0 Å². The van der Waals surface area contributed by atoms with E-state index in [1.54, 1.807) is 25.1 Å². The molecule has 2 atom stereocenters. The van der Waals surface area contributed by atoms with Crippen molar-refractivity contribution in [1.82, 2.24) is 0 Å². The molecule has 0 saturated carbocycles. The Hall–Kier alpha value is -1.22. The minimum Gasteiger partial charge on any atom is -0.489 e. The van der Waals surface area contributed by atoms with Crippen LogP contribution in [0.2, 0.25) is 5.02 Å². The number of carboxylic acids is 1. The maximum atomic E-state index is 10.9. The average Bonchev–Trinajstić information content (AvgIpc) is 2.39. The van der Waals surface area contributed by atoms with Gasteiger partial charge in [-0.3, -0.25) is 4.79 Å². The summed E-state index contributed by atoms with van der Waals surface area (Å²) in [5, 5.41) is 9.54. The Morgan fingerprint density at radius 1 is 1.57 bits per heavy atom. The van der Waals surface area contributed by atoms with E-state index in [0.29, 0.717) is 16.3 Å². The lowest BCUT2D eigenvalue weighted by molar-refractivity contribution is -0.140. The standard InChI is InChI=1S/C10H9ClO3/c1-5-9(10(12)13)7-3-2-6(11)4-8(7)14-5/h2-5,9H,1H3,(H,12,13). The molecule has 74 valence electrons. The van der Waals surface area contributed by atoms with Gasteiger partial charge in [0.15, 0.2) is 0 Å². The topological polar surface area (TPSA) is 46.5 Å². The number of rotatable bonds is 1. The zero-order valence-electron chi connectivity index (χ0n) is 7.53. The molecule has 0 fully saturated rings. The second-order valence-corrected chi connectivity index (χ2v) is 3.76. The van der Waals surface area contributed by atoms with E-state index in [1.165, 1.54) is 0 Å². The summed E-state index contributed by atoms with van der Waals surface area (Å²) in [4.78, 5) is 10.9. The predicted octanol–water partition coefficient (Wildman–Crippen LogP) is 2.29. The summed E-state index contributed by atoms with van der Waals surface area (Å²) >= 11 is 5.77. The van der Waals surface area contributed by atoms with Crippen molar-refractivity contribution in [3.63, 3.8) is 0 Å². The molecule has 1 aromatic carbocycles. The van der Waals surface area contributed by atoms with E-state index in [1.807, 2.05) is 0 Å². The number of carboxylic acid groups (broad SMARTS) is 1. The molecule has 0 aromatic heterocycles. The summed E-state index contributed by atoms with van der Waals surface area (Å²) in [6.45, 7) is 1.74. The van der Waals surface area contributed by atoms with Gasteiger partial charge >= 0.3 is 5.97 Å². The van der Waals surface area contributed by atoms with E-state index in [2.05, 4.69) is 0 Å². The van der Waals surface area contributed by atoms with Crippen molar-refractivity contribution in [3.05, 3.63) is 28.8 Å². The third kappa shape index (κ3) is 1.34. The zero-order valence-corrected chi connectivity index (χ0v) is 8.28. The smallest absolute Gasteiger partial charge is 0.314 e. The Morgan fingerprint density at radius 3 is 2.93 bits per heavy atom. The molecule has 0 bridgehead atoms. The SMILES string of the molecule is CC1Oc2cc(Cl)ccc2C1C(=O)O. The summed E-state index contributed by atoms with van der Waals surface area (Å²) < 4.78 is 5.40. The molecule has 0 amide bonds. The van der Waals surface area contributed by atoms with Gasteiger partial charge < -0.3 is 9.84 Å². The summed E-state index contributed by atoms with van der Waals surface area (Å²) in [5.74, 6) is -0.863. The summed E-state index contributed by atoms with van der Waals surface area (Å²) in [7, 11) is 0. The molecule has 14 heavy (non-hydrogen) atoms. The van der Waals surface area contributed by atoms with E-state index in [0.717, 1.165) is 0 Å². The van der Waals surface area contributed by atoms with Crippen LogP contribution in [0.5, 0.6) is 5.75 Å². The second kappa shape index (κ2) is 3.17. The van der Waals surface area contributed by atoms with Crippen molar-refractivity contribution in [2.75, 3.05) is 0 Å². The van der Waals surface area contributed by atoms with Crippen LogP contribution in [0.15, 0.2) is 18.2 Å². The van der Waals surface area contributed by atoms with Gasteiger partial charge in [0.25, 0.3) is 0 Å². The first-order chi connectivity index (χ1) is 6.59. The lowest BCUT2D eigenvalue weighted by Crippen LogP contribution is -2.21. The van der Waals surface area contributed by atoms with Crippen molar-refractivity contribution in [1.29, 1.82) is 0 Å². The quantitative estimate of drug-likeness (QED) is 0.777. The van der Waals surface area contributed by atoms with Gasteiger partial charge in [0.2, 0.25) is 0 Å². The number of fused-ring (bicyclic) bond motifs is 1. The molecule has 2 rings (SSSR count). The fraction of sp³-hybridized carbons (Fsp3) is 0.300. The molecule has 1 aliphatic rings. The number of hydrogen-bond donors (Lipinski definition) is 1. The van der Waals surface area contributed by atoms with Crippen LogP contribution in [0, 0.1) is 0 Å². The summed E-state index contributed by atoms with van der Waals surface area (Å²) in [6, 6.07) is 5.04. The molecule has 2 unspecified atom stereocenters. The van der Waals surface area contributed by atoms with E-state index in [4.69, 9.17) is 21.4 Å². The van der Waals surface area contributed by atoms with Crippen LogP contribution in [0.25, 0.3) is 0 Å². The second-order valence-electron chi connectivity index (χ2n) is 3.32. The van der Waals surface area contributed by atoms with Gasteiger partial charge in [-0.2, -0.15) is 0 Å². The molecule has 0 spiro atoms. The highest BCUT2D eigenvalue weighted by Gasteiger charge is 2.36. The molecule has 0 saturated heterocycles. The zero-order chi connectivity index (χ0) is 10.3. The predicted molar refractivity (Wildman–Crippen MR) is 51.9 cm³/mol. The number of aliphatic carboxylic acids is 1. The van der Waals surface area contributed by atoms with Gasteiger partial charge in [0.05, 0.1) is 0 Å². The number of hydrogen-bond acceptors (Lipinski definition) is 2. The Balaban J connectivity index is 2.48. The van der Waals surface area contributed by atoms with E-state index in [-0.39, 0.29) is 6.10 Å². The fourth-order valence-corrected chi connectivity index (χ4v) is 1.88. The number of halogens is 1. The highest BCUT2D eigenvalue weighted by atomic mass is 35.5. The van der Waals surface area contributed by atoms with Gasteiger partial charge in [0.1, 0.15) is 17.8 Å². The van der Waals surface area contributed by atoms with Gasteiger partial charge in [0, 0.05) is 10.6 Å². The van der Waals surface area contributed by atoms with Crippen LogP contribution in [0.3, 0.4) is 0 Å². The third-order valence-corrected chi connectivity index (χ3v) is 2.59. The summed E-state index contributed by atoms with van der Waals surface area (Å²) in [6.07, 6.45) is -0.332. The lowest BCUT2D eigenvalue weighted by atomic mass is 9.97. The molecule has 0 radical (unpaired) electrons. The first-order valence-electron chi connectivity index (χ1n) is 4.28. The number of benzene rings is 1. The molecule has 3 nitrogen and oxygen atoms in total. The van der Waals surface area contributed by atoms with Crippen LogP contribution >= 0.6 is 11.6 Å². The molecule has 0 aliphatic carbocycles. The minimum atomic E-state index is -0.862. The molecule has 1 aromatic rings. The highest BCUT2D eigenvalue weighted by molar-refractivity contribution is 6.30. The number of ether oxygens (including phenoxy) is 1. The van der Waals surface area contributed by atoms with Crippen LogP contribution in [-0.2, 0) is 4.79 Å². The van der Waals surface area contributed by atoms with Gasteiger partial charge in [-0.1, -0.05) is 17.7 Å². The Kier molecular flexibility index (Phi) is 2.11. The molecule has 1 N–H and O–H groups in total. The lowest BCUT2D eigenvalue weighted by Gasteiger charge is -2.08. The maximum absolute atomic E-state index is 10.9. The average molecular weight is 213 g/mol. The molecular formula is C10H9ClO3. The van der Waals surface area contributed by atoms with Crippen molar-refractivity contribution in [3.8, 4) is 5.75 Å². The largest absolute Gasteiger partial charge is 0.489 e. The molecular weight excluding hydrogens is 204 g/mol. The van der Waals surface area contributed by atoms with Crippen LogP contribution in [0.1, 0.15) is 18.4 Å².